The van der Waals surface area contributed by atoms with Crippen molar-refractivity contribution in [3.8, 4) is 0 Å². The smallest absolute Gasteiger partial charge is 0.302 e. The van der Waals surface area contributed by atoms with Crippen molar-refractivity contribution >= 4 is 63.2 Å². The Morgan fingerprint density at radius 1 is 0.745 bits per heavy atom. The van der Waals surface area contributed by atoms with Gasteiger partial charge in [-0.2, -0.15) is 0 Å². The van der Waals surface area contributed by atoms with Gasteiger partial charge in [0.25, 0.3) is 23.6 Å². The van der Waals surface area contributed by atoms with E-state index in [0.717, 1.165) is 11.7 Å². The van der Waals surface area contributed by atoms with Gasteiger partial charge in [-0.25, -0.2) is 0 Å². The van der Waals surface area contributed by atoms with Gasteiger partial charge in [0.1, 0.15) is 6.61 Å². The summed E-state index contributed by atoms with van der Waals surface area (Å²) in [6.07, 6.45) is 3.34. The summed E-state index contributed by atoms with van der Waals surface area (Å²) >= 11 is 0. The third kappa shape index (κ3) is 6.88. The molecular weight excluding hydrogens is 648 g/mol. The van der Waals surface area contributed by atoms with Crippen LogP contribution in [0.25, 0.3) is 21.5 Å². The van der Waals surface area contributed by atoms with Crippen LogP contribution in [0.1, 0.15) is 54.8 Å². The van der Waals surface area contributed by atoms with Crippen LogP contribution in [0.3, 0.4) is 0 Å². The van der Waals surface area contributed by atoms with E-state index >= 15 is 0 Å². The van der Waals surface area contributed by atoms with E-state index in [-0.39, 0.29) is 49.3 Å². The number of anilines is 1. The van der Waals surface area contributed by atoms with Gasteiger partial charge in [0.2, 0.25) is 0 Å². The first-order valence-electron chi connectivity index (χ1n) is 16.9. The molecule has 2 heterocycles. The third-order valence-electron chi connectivity index (χ3n) is 9.51. The predicted molar refractivity (Wildman–Crippen MR) is 195 cm³/mol. The minimum absolute atomic E-state index is 0.178. The van der Waals surface area contributed by atoms with Gasteiger partial charge >= 0.3 is 5.97 Å². The van der Waals surface area contributed by atoms with Crippen LogP contribution in [-0.2, 0) is 9.53 Å². The van der Waals surface area contributed by atoms with Crippen molar-refractivity contribution < 1.29 is 28.7 Å². The van der Waals surface area contributed by atoms with Crippen molar-refractivity contribution in [3.05, 3.63) is 102 Å². The Kier molecular flexibility index (Phi) is 10.4. The lowest BCUT2D eigenvalue weighted by Gasteiger charge is -2.31. The maximum Gasteiger partial charge on any atom is 0.302 e. The second kappa shape index (κ2) is 15.0. The number of esters is 1. The molecule has 12 nitrogen and oxygen atoms in total. The molecule has 0 fully saturated rings. The Hall–Kier alpha value is -5.72. The van der Waals surface area contributed by atoms with Gasteiger partial charge in [0, 0.05) is 84.3 Å². The quantitative estimate of drug-likeness (QED) is 0.0774. The molecule has 262 valence electrons. The fourth-order valence-electron chi connectivity index (χ4n) is 6.91. The van der Waals surface area contributed by atoms with Crippen molar-refractivity contribution in [1.82, 2.24) is 19.6 Å². The highest BCUT2D eigenvalue weighted by Gasteiger charge is 2.34. The van der Waals surface area contributed by atoms with E-state index in [4.69, 9.17) is 10.1 Å². The van der Waals surface area contributed by atoms with Crippen molar-refractivity contribution in [3.63, 3.8) is 0 Å². The number of likely N-dealkylation sites (N-methyl/N-ethyl adjacent to an activating group) is 1. The van der Waals surface area contributed by atoms with Crippen LogP contribution in [0.5, 0.6) is 0 Å². The minimum atomic E-state index is -0.382. The number of nitrogens with one attached hydrogen (secondary N) is 1. The van der Waals surface area contributed by atoms with E-state index < -0.39 is 0 Å². The Balaban J connectivity index is 1.06. The summed E-state index contributed by atoms with van der Waals surface area (Å²) in [5.74, 6) is -1.75. The van der Waals surface area contributed by atoms with Crippen LogP contribution in [0.15, 0.2) is 79.5 Å². The predicted octanol–water partition coefficient (Wildman–Crippen LogP) is 4.63. The Morgan fingerprint density at radius 3 is 1.90 bits per heavy atom. The summed E-state index contributed by atoms with van der Waals surface area (Å²) in [4.78, 5) is 73.7. The maximum absolute atomic E-state index is 13.6. The van der Waals surface area contributed by atoms with Crippen molar-refractivity contribution in [2.24, 2.45) is 0 Å². The molecule has 0 aliphatic carbocycles. The summed E-state index contributed by atoms with van der Waals surface area (Å²) in [6, 6.07) is 19.7. The van der Waals surface area contributed by atoms with Gasteiger partial charge in [0.05, 0.1) is 12.0 Å². The minimum Gasteiger partial charge on any atom is -0.465 e. The number of imide groups is 2. The summed E-state index contributed by atoms with van der Waals surface area (Å²) in [5.41, 5.74) is 2.56. The van der Waals surface area contributed by atoms with E-state index in [1.54, 1.807) is 36.4 Å². The lowest BCUT2D eigenvalue weighted by Crippen LogP contribution is -2.45. The van der Waals surface area contributed by atoms with Gasteiger partial charge in [-0.3, -0.25) is 44.1 Å². The standard InChI is InChI=1S/C39H40N6O6/c1-4-43(25-40)33-16-15-32-35-28(33)11-7-14-31(35)38(49)44(39(32)50)21-19-41(3)17-8-18-42(23-24-51-26(2)46)20-22-45-36(47)29-12-5-9-27-10-6-13-30(34(27)29)37(45)48/h4-7,9-16,25,40H,1,8,17-24H2,2-3H3. The zero-order valence-electron chi connectivity index (χ0n) is 28.8. The number of nitrogens with zero attached hydrogens (tertiary/aromatic N) is 5. The zero-order chi connectivity index (χ0) is 36.2. The molecule has 1 N–H and O–H groups in total. The number of rotatable bonds is 16. The van der Waals surface area contributed by atoms with Gasteiger partial charge in [-0.1, -0.05) is 43.0 Å². The summed E-state index contributed by atoms with van der Waals surface area (Å²) in [5, 5.41) is 10.5. The second-order valence-corrected chi connectivity index (χ2v) is 12.7. The molecule has 0 saturated carbocycles. The maximum atomic E-state index is 13.6. The highest BCUT2D eigenvalue weighted by molar-refractivity contribution is 6.27. The van der Waals surface area contributed by atoms with E-state index in [9.17, 15) is 24.0 Å². The average Bonchev–Trinajstić information content (AvgIpc) is 3.13. The Labute approximate surface area is 295 Å². The van der Waals surface area contributed by atoms with Crippen LogP contribution in [0, 0.1) is 5.41 Å². The molecule has 12 heteroatoms. The lowest BCUT2D eigenvalue weighted by molar-refractivity contribution is -0.141. The first kappa shape index (κ1) is 35.1. The number of hydrogen-bond acceptors (Lipinski definition) is 9. The topological polar surface area (TPSA) is 135 Å². The largest absolute Gasteiger partial charge is 0.465 e. The van der Waals surface area contributed by atoms with Crippen LogP contribution < -0.4 is 4.90 Å². The summed E-state index contributed by atoms with van der Waals surface area (Å²) in [6.45, 7) is 8.20. The molecule has 0 radical (unpaired) electrons. The van der Waals surface area contributed by atoms with Crippen LogP contribution in [0.4, 0.5) is 5.69 Å². The number of amides is 4. The third-order valence-corrected chi connectivity index (χ3v) is 9.51. The SMILES string of the molecule is C=CN(C=N)c1ccc2c3c(cccc13)C(=O)N(CCN(C)CCCN(CCOC(C)=O)CCN1C(=O)c3cccc4cccc(c34)C1=O)C2=O. The molecule has 2 aliphatic rings. The highest BCUT2D eigenvalue weighted by Crippen LogP contribution is 2.36. The average molecular weight is 689 g/mol. The Morgan fingerprint density at radius 2 is 1.31 bits per heavy atom. The van der Waals surface area contributed by atoms with Gasteiger partial charge < -0.3 is 14.5 Å². The molecule has 0 atom stereocenters. The lowest BCUT2D eigenvalue weighted by atomic mass is 9.92. The second-order valence-electron chi connectivity index (χ2n) is 12.7. The molecule has 0 spiro atoms. The van der Waals surface area contributed by atoms with Crippen LogP contribution >= 0.6 is 0 Å². The normalized spacial score (nSPS) is 13.9. The van der Waals surface area contributed by atoms with Gasteiger partial charge in [-0.05, 0) is 62.3 Å². The number of carbonyl (C=O) groups is 5. The zero-order valence-corrected chi connectivity index (χ0v) is 28.8. The number of ether oxygens (including phenoxy) is 1. The Bertz CT molecular complexity index is 2000. The first-order valence-corrected chi connectivity index (χ1v) is 16.9. The molecule has 4 aromatic rings. The van der Waals surface area contributed by atoms with Crippen LogP contribution in [0.2, 0.25) is 0 Å². The molecule has 0 bridgehead atoms. The molecule has 0 aromatic heterocycles. The van der Waals surface area contributed by atoms with E-state index in [2.05, 4.69) is 11.5 Å². The van der Waals surface area contributed by atoms with Crippen molar-refractivity contribution in [2.75, 3.05) is 64.4 Å². The van der Waals surface area contributed by atoms with Gasteiger partial charge in [-0.15, -0.1) is 0 Å². The molecule has 6 rings (SSSR count). The van der Waals surface area contributed by atoms with Crippen LogP contribution in [-0.4, -0.2) is 115 Å². The summed E-state index contributed by atoms with van der Waals surface area (Å²) in [7, 11) is 1.92. The molecule has 4 amide bonds. The first-order chi connectivity index (χ1) is 24.6. The van der Waals surface area contributed by atoms with Gasteiger partial charge in [0.15, 0.2) is 0 Å². The van der Waals surface area contributed by atoms with E-state index in [1.807, 2.05) is 42.3 Å². The highest BCUT2D eigenvalue weighted by atomic mass is 16.5. The molecule has 51 heavy (non-hydrogen) atoms. The monoisotopic (exact) mass is 688 g/mol. The van der Waals surface area contributed by atoms with Crippen molar-refractivity contribution in [1.29, 1.82) is 5.41 Å². The molecule has 2 aliphatic heterocycles. The molecule has 0 unspecified atom stereocenters. The number of hydrogen-bond donors (Lipinski definition) is 1. The van der Waals surface area contributed by atoms with E-state index in [1.165, 1.54) is 27.8 Å². The fraction of sp³-hybridized carbons (Fsp3) is 0.282. The molecular formula is C39H40N6O6. The number of carbonyl (C=O) groups excluding carboxylic acids is 5. The molecule has 4 aromatic carbocycles. The molecule has 0 saturated heterocycles. The fourth-order valence-corrected chi connectivity index (χ4v) is 6.91. The van der Waals surface area contributed by atoms with Crippen molar-refractivity contribution in [2.45, 2.75) is 13.3 Å². The van der Waals surface area contributed by atoms with E-state index in [0.29, 0.717) is 83.2 Å². The summed E-state index contributed by atoms with van der Waals surface area (Å²) < 4.78 is 5.20. The number of benzene rings is 4.